The summed E-state index contributed by atoms with van der Waals surface area (Å²) in [5.74, 6) is 2.66. The van der Waals surface area contributed by atoms with Crippen molar-refractivity contribution in [1.29, 1.82) is 0 Å². The Hall–Kier alpha value is -5.84. The van der Waals surface area contributed by atoms with Gasteiger partial charge in [-0.15, -0.1) is 5.10 Å². The number of rotatable bonds is 17. The number of hydrogen-bond acceptors (Lipinski definition) is 10. The van der Waals surface area contributed by atoms with Gasteiger partial charge in [-0.25, -0.2) is 4.79 Å². The Morgan fingerprint density at radius 1 is 0.771 bits per heavy atom. The normalized spacial score (nSPS) is 11.3. The number of carbonyl (C=O) groups is 1. The van der Waals surface area contributed by atoms with Crippen LogP contribution in [0.1, 0.15) is 36.1 Å². The van der Waals surface area contributed by atoms with Crippen LogP contribution in [0.4, 0.5) is 0 Å². The molecule has 0 saturated heterocycles. The minimum atomic E-state index is -0.427. The number of aryl methyl sites for hydroxylation is 1. The van der Waals surface area contributed by atoms with E-state index >= 15 is 0 Å². The number of carbonyl (C=O) groups excluding carboxylic acids is 1. The Bertz CT molecular complexity index is 1960. The molecule has 5 rings (SSSR count). The maximum Gasteiger partial charge on any atom is 0.339 e. The van der Waals surface area contributed by atoms with E-state index in [1.807, 2.05) is 36.5 Å². The molecule has 5 aromatic rings. The fourth-order valence-electron chi connectivity index (χ4n) is 4.88. The minimum absolute atomic E-state index is 0.169. The second-order valence-electron chi connectivity index (χ2n) is 10.7. The number of para-hydroxylation sites is 1. The SMILES string of the molecule is COc1ccc(/C=C/C(=O)/C=C/c2ccc(OCc3cn(CCCCCOc4cc(=O)oc5ccccc45)nn3)c(OC)c2)cc1OC. The third-order valence-corrected chi connectivity index (χ3v) is 7.34. The molecule has 2 aromatic heterocycles. The molecule has 0 aliphatic heterocycles. The zero-order chi connectivity index (χ0) is 33.7. The highest BCUT2D eigenvalue weighted by atomic mass is 16.5. The van der Waals surface area contributed by atoms with Gasteiger partial charge in [0.1, 0.15) is 23.6 Å². The lowest BCUT2D eigenvalue weighted by atomic mass is 10.1. The van der Waals surface area contributed by atoms with Gasteiger partial charge in [0.25, 0.3) is 0 Å². The number of fused-ring (bicyclic) bond motifs is 1. The summed E-state index contributed by atoms with van der Waals surface area (Å²) in [6, 6.07) is 19.6. The van der Waals surface area contributed by atoms with E-state index in [0.717, 1.165) is 35.8 Å². The lowest BCUT2D eigenvalue weighted by Crippen LogP contribution is -2.04. The van der Waals surface area contributed by atoms with Crippen LogP contribution in [0.25, 0.3) is 23.1 Å². The molecule has 0 radical (unpaired) electrons. The largest absolute Gasteiger partial charge is 0.493 e. The number of benzene rings is 3. The molecule has 0 unspecified atom stereocenters. The lowest BCUT2D eigenvalue weighted by molar-refractivity contribution is -0.110. The van der Waals surface area contributed by atoms with E-state index in [1.54, 1.807) is 68.5 Å². The van der Waals surface area contributed by atoms with E-state index in [9.17, 15) is 9.59 Å². The number of ether oxygens (including phenoxy) is 5. The molecular formula is C37H37N3O8. The molecule has 48 heavy (non-hydrogen) atoms. The van der Waals surface area contributed by atoms with Crippen molar-refractivity contribution in [2.24, 2.45) is 0 Å². The zero-order valence-electron chi connectivity index (χ0n) is 27.1. The third kappa shape index (κ3) is 9.12. The van der Waals surface area contributed by atoms with E-state index < -0.39 is 5.63 Å². The number of allylic oxidation sites excluding steroid dienone is 2. The second kappa shape index (κ2) is 16.6. The second-order valence-corrected chi connectivity index (χ2v) is 10.7. The quantitative estimate of drug-likeness (QED) is 0.0622. The van der Waals surface area contributed by atoms with Crippen LogP contribution in [0.5, 0.6) is 28.7 Å². The number of nitrogens with zero attached hydrogens (tertiary/aromatic N) is 3. The van der Waals surface area contributed by atoms with Crippen molar-refractivity contribution >= 4 is 28.9 Å². The Kier molecular flexibility index (Phi) is 11.6. The van der Waals surface area contributed by atoms with Crippen LogP contribution in [0, 0.1) is 0 Å². The highest BCUT2D eigenvalue weighted by Crippen LogP contribution is 2.30. The van der Waals surface area contributed by atoms with Crippen molar-refractivity contribution in [3.63, 3.8) is 0 Å². The van der Waals surface area contributed by atoms with Gasteiger partial charge in [-0.1, -0.05) is 41.6 Å². The van der Waals surface area contributed by atoms with Gasteiger partial charge >= 0.3 is 5.63 Å². The fraction of sp³-hybridized carbons (Fsp3) is 0.243. The van der Waals surface area contributed by atoms with Crippen LogP contribution in [0.15, 0.2) is 94.3 Å². The average Bonchev–Trinajstić information content (AvgIpc) is 3.57. The molecule has 0 aliphatic carbocycles. The van der Waals surface area contributed by atoms with E-state index in [-0.39, 0.29) is 12.4 Å². The first-order valence-corrected chi connectivity index (χ1v) is 15.4. The maximum atomic E-state index is 12.4. The topological polar surface area (TPSA) is 124 Å². The Labute approximate surface area is 278 Å². The van der Waals surface area contributed by atoms with E-state index in [2.05, 4.69) is 10.3 Å². The van der Waals surface area contributed by atoms with Crippen molar-refractivity contribution < 1.29 is 32.9 Å². The summed E-state index contributed by atoms with van der Waals surface area (Å²) in [7, 11) is 4.70. The van der Waals surface area contributed by atoms with Gasteiger partial charge in [0, 0.05) is 6.54 Å². The van der Waals surface area contributed by atoms with Gasteiger partial charge in [0.2, 0.25) is 0 Å². The van der Waals surface area contributed by atoms with Crippen LogP contribution in [0.2, 0.25) is 0 Å². The molecule has 2 heterocycles. The molecule has 248 valence electrons. The van der Waals surface area contributed by atoms with Crippen molar-refractivity contribution in [2.45, 2.75) is 32.4 Å². The first kappa shape index (κ1) is 33.5. The van der Waals surface area contributed by atoms with Crippen molar-refractivity contribution in [2.75, 3.05) is 27.9 Å². The number of ketones is 1. The third-order valence-electron chi connectivity index (χ3n) is 7.34. The van der Waals surface area contributed by atoms with Gasteiger partial charge in [0.05, 0.1) is 45.6 Å². The molecule has 0 aliphatic rings. The molecule has 3 aromatic carbocycles. The van der Waals surface area contributed by atoms with E-state index in [0.29, 0.717) is 53.2 Å². The molecule has 0 saturated carbocycles. The van der Waals surface area contributed by atoms with Crippen molar-refractivity contribution in [1.82, 2.24) is 15.0 Å². The van der Waals surface area contributed by atoms with Crippen molar-refractivity contribution in [3.8, 4) is 28.7 Å². The molecule has 11 heteroatoms. The Balaban J connectivity index is 1.05. The predicted octanol–water partition coefficient (Wildman–Crippen LogP) is 6.53. The van der Waals surface area contributed by atoms with Gasteiger partial charge in [-0.2, -0.15) is 0 Å². The smallest absolute Gasteiger partial charge is 0.339 e. The molecule has 0 bridgehead atoms. The summed E-state index contributed by atoms with van der Waals surface area (Å²) >= 11 is 0. The highest BCUT2D eigenvalue weighted by molar-refractivity contribution is 6.04. The molecule has 0 atom stereocenters. The van der Waals surface area contributed by atoms with Gasteiger partial charge in [-0.05, 0) is 78.9 Å². The minimum Gasteiger partial charge on any atom is -0.493 e. The maximum absolute atomic E-state index is 12.4. The van der Waals surface area contributed by atoms with Crippen LogP contribution in [0.3, 0.4) is 0 Å². The highest BCUT2D eigenvalue weighted by Gasteiger charge is 2.09. The average molecular weight is 652 g/mol. The Morgan fingerprint density at radius 3 is 2.19 bits per heavy atom. The van der Waals surface area contributed by atoms with Crippen molar-refractivity contribution in [3.05, 3.63) is 112 Å². The number of aromatic nitrogens is 3. The first-order valence-electron chi connectivity index (χ1n) is 15.4. The molecule has 0 spiro atoms. The Morgan fingerprint density at radius 2 is 1.46 bits per heavy atom. The van der Waals surface area contributed by atoms with Crippen LogP contribution in [-0.2, 0) is 17.9 Å². The first-order chi connectivity index (χ1) is 23.4. The molecule has 11 nitrogen and oxygen atoms in total. The fourth-order valence-corrected chi connectivity index (χ4v) is 4.88. The van der Waals surface area contributed by atoms with Gasteiger partial charge < -0.3 is 28.1 Å². The summed E-state index contributed by atoms with van der Waals surface area (Å²) in [4.78, 5) is 24.2. The zero-order valence-corrected chi connectivity index (χ0v) is 27.1. The van der Waals surface area contributed by atoms with Crippen LogP contribution >= 0.6 is 0 Å². The van der Waals surface area contributed by atoms with Crippen LogP contribution in [-0.4, -0.2) is 48.7 Å². The molecule has 0 amide bonds. The van der Waals surface area contributed by atoms with E-state index in [4.69, 9.17) is 28.1 Å². The lowest BCUT2D eigenvalue weighted by Gasteiger charge is -2.10. The standard InChI is InChI=1S/C37H37N3O8/c1-43-32-17-13-26(21-35(32)44-2)11-15-29(41)16-12-27-14-18-33(36(22-27)45-3)47-25-28-24-40(39-38-28)19-7-4-8-20-46-34-23-37(42)48-31-10-6-5-9-30(31)34/h5-6,9-18,21-24H,4,7-8,19-20,25H2,1-3H3/b15-11+,16-12+. The summed E-state index contributed by atoms with van der Waals surface area (Å²) in [6.45, 7) is 1.42. The number of unbranched alkanes of at least 4 members (excludes halogenated alkanes) is 2. The summed E-state index contributed by atoms with van der Waals surface area (Å²) in [5.41, 5.74) is 2.37. The van der Waals surface area contributed by atoms with Gasteiger partial charge in [-0.3, -0.25) is 9.48 Å². The summed E-state index contributed by atoms with van der Waals surface area (Å²) < 4.78 is 34.9. The monoisotopic (exact) mass is 651 g/mol. The molecule has 0 N–H and O–H groups in total. The number of hydrogen-bond donors (Lipinski definition) is 0. The summed E-state index contributed by atoms with van der Waals surface area (Å²) in [5, 5.41) is 9.21. The predicted molar refractivity (Wildman–Crippen MR) is 182 cm³/mol. The summed E-state index contributed by atoms with van der Waals surface area (Å²) in [6.07, 6.45) is 10.9. The molecular weight excluding hydrogens is 614 g/mol. The number of methoxy groups -OCH3 is 3. The van der Waals surface area contributed by atoms with Gasteiger partial charge in [0.15, 0.2) is 28.8 Å². The van der Waals surface area contributed by atoms with Crippen LogP contribution < -0.4 is 29.3 Å². The van der Waals surface area contributed by atoms with E-state index in [1.165, 1.54) is 18.2 Å². The molecule has 0 fully saturated rings.